The van der Waals surface area contributed by atoms with Crippen molar-refractivity contribution in [3.63, 3.8) is 0 Å². The molecule has 0 radical (unpaired) electrons. The molecule has 7 heteroatoms. The molecule has 2 atom stereocenters. The van der Waals surface area contributed by atoms with Gasteiger partial charge in [-0.15, -0.1) is 11.3 Å². The number of sulfone groups is 1. The second-order valence-corrected chi connectivity index (χ2v) is 9.19. The van der Waals surface area contributed by atoms with Gasteiger partial charge in [-0.3, -0.25) is 0 Å². The van der Waals surface area contributed by atoms with E-state index in [2.05, 4.69) is 5.32 Å². The molecule has 3 nitrogen and oxygen atoms in total. The Hall–Kier alpha value is 0.190. The third kappa shape index (κ3) is 3.61. The van der Waals surface area contributed by atoms with Crippen molar-refractivity contribution >= 4 is 44.4 Å². The molecule has 1 fully saturated rings. The Bertz CT molecular complexity index is 527. The van der Waals surface area contributed by atoms with Crippen LogP contribution in [0.4, 0.5) is 0 Å². The minimum absolute atomic E-state index is 0.0876. The first-order valence-corrected chi connectivity index (χ1v) is 9.15. The molecule has 18 heavy (non-hydrogen) atoms. The fraction of sp³-hybridized carbons (Fsp3) is 0.636. The third-order valence-corrected chi connectivity index (χ3v) is 6.54. The van der Waals surface area contributed by atoms with Crippen LogP contribution in [0.5, 0.6) is 0 Å². The zero-order chi connectivity index (χ0) is 13.3. The van der Waals surface area contributed by atoms with Crippen LogP contribution in [-0.4, -0.2) is 26.5 Å². The maximum absolute atomic E-state index is 11.3. The van der Waals surface area contributed by atoms with Crippen molar-refractivity contribution in [2.24, 2.45) is 5.92 Å². The summed E-state index contributed by atoms with van der Waals surface area (Å²) in [5, 5.41) is 3.33. The van der Waals surface area contributed by atoms with Crippen LogP contribution in [0, 0.1) is 5.92 Å². The van der Waals surface area contributed by atoms with E-state index in [1.165, 1.54) is 11.3 Å². The first kappa shape index (κ1) is 14.6. The van der Waals surface area contributed by atoms with Crippen LogP contribution in [0.25, 0.3) is 0 Å². The zero-order valence-electron chi connectivity index (χ0n) is 9.95. The van der Waals surface area contributed by atoms with Crippen LogP contribution < -0.4 is 5.32 Å². The lowest BCUT2D eigenvalue weighted by atomic mass is 10.1. The summed E-state index contributed by atoms with van der Waals surface area (Å²) in [6, 6.07) is 1.95. The fourth-order valence-electron chi connectivity index (χ4n) is 2.13. The number of hydrogen-bond donors (Lipinski definition) is 1. The lowest BCUT2D eigenvalue weighted by Gasteiger charge is -2.16. The van der Waals surface area contributed by atoms with Gasteiger partial charge in [-0.2, -0.15) is 0 Å². The first-order chi connectivity index (χ1) is 8.37. The summed E-state index contributed by atoms with van der Waals surface area (Å²) in [5.41, 5.74) is 0.979. The molecule has 1 saturated heterocycles. The van der Waals surface area contributed by atoms with Crippen LogP contribution in [0.3, 0.4) is 0 Å². The summed E-state index contributed by atoms with van der Waals surface area (Å²) in [4.78, 5) is 0. The molecular weight excluding hydrogens is 313 g/mol. The van der Waals surface area contributed by atoms with Crippen molar-refractivity contribution in [1.82, 2.24) is 5.32 Å². The molecule has 102 valence electrons. The largest absolute Gasteiger partial charge is 0.310 e. The highest BCUT2D eigenvalue weighted by Crippen LogP contribution is 2.34. The van der Waals surface area contributed by atoms with Gasteiger partial charge in [0.1, 0.15) is 0 Å². The Morgan fingerprint density at radius 3 is 2.78 bits per heavy atom. The molecule has 1 aliphatic heterocycles. The van der Waals surface area contributed by atoms with E-state index in [0.29, 0.717) is 26.7 Å². The van der Waals surface area contributed by atoms with Gasteiger partial charge in [0, 0.05) is 6.04 Å². The van der Waals surface area contributed by atoms with E-state index in [1.54, 1.807) is 0 Å². The zero-order valence-corrected chi connectivity index (χ0v) is 13.1. The van der Waals surface area contributed by atoms with Gasteiger partial charge in [-0.25, -0.2) is 8.42 Å². The smallest absolute Gasteiger partial charge is 0.150 e. The topological polar surface area (TPSA) is 46.2 Å². The van der Waals surface area contributed by atoms with E-state index in [0.717, 1.165) is 12.0 Å². The molecule has 2 rings (SSSR count). The molecule has 0 amide bonds. The minimum Gasteiger partial charge on any atom is -0.310 e. The number of halogens is 2. The number of rotatable bonds is 4. The molecule has 0 saturated carbocycles. The lowest BCUT2D eigenvalue weighted by molar-refractivity contribution is 0.477. The lowest BCUT2D eigenvalue weighted by Crippen LogP contribution is -2.26. The van der Waals surface area contributed by atoms with E-state index in [1.807, 2.05) is 13.0 Å². The van der Waals surface area contributed by atoms with Gasteiger partial charge in [-0.1, -0.05) is 23.2 Å². The monoisotopic (exact) mass is 327 g/mol. The highest BCUT2D eigenvalue weighted by Gasteiger charge is 2.28. The second kappa shape index (κ2) is 5.67. The van der Waals surface area contributed by atoms with E-state index in [9.17, 15) is 8.42 Å². The molecular formula is C11H15Cl2NO2S2. The Balaban J connectivity index is 1.89. The van der Waals surface area contributed by atoms with Crippen LogP contribution in [-0.2, 0) is 9.84 Å². The van der Waals surface area contributed by atoms with Crippen molar-refractivity contribution in [2.75, 3.05) is 18.1 Å². The highest BCUT2D eigenvalue weighted by molar-refractivity contribution is 7.91. The molecule has 1 aromatic heterocycles. The SMILES string of the molecule is CC(NCC1CCS(=O)(=O)C1)c1cc(Cl)sc1Cl. The molecule has 1 aliphatic rings. The summed E-state index contributed by atoms with van der Waals surface area (Å²) >= 11 is 13.3. The number of nitrogens with one attached hydrogen (secondary N) is 1. The Morgan fingerprint density at radius 2 is 2.28 bits per heavy atom. The van der Waals surface area contributed by atoms with E-state index in [-0.39, 0.29) is 12.0 Å². The van der Waals surface area contributed by atoms with Crippen LogP contribution >= 0.6 is 34.5 Å². The predicted molar refractivity (Wildman–Crippen MR) is 77.5 cm³/mol. The molecule has 0 bridgehead atoms. The van der Waals surface area contributed by atoms with Crippen molar-refractivity contribution in [3.8, 4) is 0 Å². The predicted octanol–water partition coefficient (Wildman–Crippen LogP) is 3.14. The van der Waals surface area contributed by atoms with Crippen LogP contribution in [0.15, 0.2) is 6.07 Å². The molecule has 0 aromatic carbocycles. The van der Waals surface area contributed by atoms with Crippen molar-refractivity contribution in [1.29, 1.82) is 0 Å². The second-order valence-electron chi connectivity index (χ2n) is 4.68. The van der Waals surface area contributed by atoms with Crippen molar-refractivity contribution < 1.29 is 8.42 Å². The first-order valence-electron chi connectivity index (χ1n) is 5.76. The molecule has 1 N–H and O–H groups in total. The summed E-state index contributed by atoms with van der Waals surface area (Å²) in [6.07, 6.45) is 0.750. The van der Waals surface area contributed by atoms with Crippen molar-refractivity contribution in [3.05, 3.63) is 20.3 Å². The summed E-state index contributed by atoms with van der Waals surface area (Å²) in [7, 11) is -2.80. The summed E-state index contributed by atoms with van der Waals surface area (Å²) < 4.78 is 24.1. The summed E-state index contributed by atoms with van der Waals surface area (Å²) in [5.74, 6) is 0.828. The van der Waals surface area contributed by atoms with Gasteiger partial charge in [0.2, 0.25) is 0 Å². The third-order valence-electron chi connectivity index (χ3n) is 3.19. The molecule has 0 spiro atoms. The quantitative estimate of drug-likeness (QED) is 0.924. The van der Waals surface area contributed by atoms with E-state index < -0.39 is 9.84 Å². The van der Waals surface area contributed by atoms with E-state index in [4.69, 9.17) is 23.2 Å². The summed E-state index contributed by atoms with van der Waals surface area (Å²) in [6.45, 7) is 2.71. The standard InChI is InChI=1S/C11H15Cl2NO2S2/c1-7(9-4-10(12)17-11(9)13)14-5-8-2-3-18(15,16)6-8/h4,7-8,14H,2-3,5-6H2,1H3. The number of thiophene rings is 1. The van der Waals surface area contributed by atoms with E-state index >= 15 is 0 Å². The average Bonchev–Trinajstić information content (AvgIpc) is 2.78. The van der Waals surface area contributed by atoms with Gasteiger partial charge < -0.3 is 5.32 Å². The van der Waals surface area contributed by atoms with Gasteiger partial charge in [0.15, 0.2) is 9.84 Å². The molecule has 1 aromatic rings. The molecule has 0 aliphatic carbocycles. The Kier molecular flexibility index (Phi) is 4.60. The molecule has 2 unspecified atom stereocenters. The normalized spacial score (nSPS) is 24.3. The number of hydrogen-bond acceptors (Lipinski definition) is 4. The maximum Gasteiger partial charge on any atom is 0.150 e. The highest BCUT2D eigenvalue weighted by atomic mass is 35.5. The van der Waals surface area contributed by atoms with Gasteiger partial charge in [0.25, 0.3) is 0 Å². The van der Waals surface area contributed by atoms with Gasteiger partial charge in [-0.05, 0) is 37.4 Å². The maximum atomic E-state index is 11.3. The van der Waals surface area contributed by atoms with Crippen LogP contribution in [0.1, 0.15) is 24.9 Å². The van der Waals surface area contributed by atoms with Crippen molar-refractivity contribution in [2.45, 2.75) is 19.4 Å². The molecule has 2 heterocycles. The van der Waals surface area contributed by atoms with Crippen LogP contribution in [0.2, 0.25) is 8.67 Å². The minimum atomic E-state index is -2.80. The van der Waals surface area contributed by atoms with Gasteiger partial charge in [0.05, 0.1) is 20.2 Å². The average molecular weight is 328 g/mol. The Labute approximate surface area is 121 Å². The fourth-order valence-corrected chi connectivity index (χ4v) is 5.64. The Morgan fingerprint density at radius 1 is 1.56 bits per heavy atom. The van der Waals surface area contributed by atoms with Gasteiger partial charge >= 0.3 is 0 Å².